The number of hydrogen-bond acceptors (Lipinski definition) is 7. The Hall–Kier alpha value is -4.24. The van der Waals surface area contributed by atoms with Gasteiger partial charge in [-0.05, 0) is 67.6 Å². The zero-order valence-electron chi connectivity index (χ0n) is 23.3. The second-order valence-corrected chi connectivity index (χ2v) is 10.3. The number of methoxy groups -OCH3 is 1. The Balaban J connectivity index is 2.01. The largest absolute Gasteiger partial charge is 0.496 e. The van der Waals surface area contributed by atoms with Gasteiger partial charge in [0.05, 0.1) is 35.3 Å². The van der Waals surface area contributed by atoms with Crippen LogP contribution in [0.5, 0.6) is 11.5 Å². The summed E-state index contributed by atoms with van der Waals surface area (Å²) in [5.74, 6) is 1.24. The quantitative estimate of drug-likeness (QED) is 0.122. The summed E-state index contributed by atoms with van der Waals surface area (Å²) in [6.07, 6.45) is 1.67. The molecular formula is C30H31ClN4O5. The van der Waals surface area contributed by atoms with Crippen LogP contribution in [0.4, 0.5) is 5.69 Å². The van der Waals surface area contributed by atoms with Crippen LogP contribution in [0.15, 0.2) is 58.4 Å². The van der Waals surface area contributed by atoms with Crippen molar-refractivity contribution in [2.75, 3.05) is 7.11 Å². The number of aromatic nitrogens is 2. The lowest BCUT2D eigenvalue weighted by atomic mass is 9.96. The van der Waals surface area contributed by atoms with E-state index in [0.717, 1.165) is 16.9 Å². The van der Waals surface area contributed by atoms with Gasteiger partial charge in [0.2, 0.25) is 5.75 Å². The highest BCUT2D eigenvalue weighted by molar-refractivity contribution is 6.31. The van der Waals surface area contributed by atoms with Gasteiger partial charge in [-0.1, -0.05) is 44.5 Å². The van der Waals surface area contributed by atoms with Crippen molar-refractivity contribution in [3.05, 3.63) is 90.7 Å². The number of aryl methyl sites for hydroxylation is 1. The Morgan fingerprint density at radius 1 is 1.18 bits per heavy atom. The molecule has 1 aromatic heterocycles. The van der Waals surface area contributed by atoms with E-state index >= 15 is 0 Å². The van der Waals surface area contributed by atoms with Gasteiger partial charge < -0.3 is 9.47 Å². The summed E-state index contributed by atoms with van der Waals surface area (Å²) in [6, 6.07) is 13.7. The van der Waals surface area contributed by atoms with Gasteiger partial charge in [-0.3, -0.25) is 14.9 Å². The summed E-state index contributed by atoms with van der Waals surface area (Å²) in [6.45, 7) is 9.75. The molecular weight excluding hydrogens is 532 g/mol. The summed E-state index contributed by atoms with van der Waals surface area (Å²) < 4.78 is 12.7. The molecule has 0 bridgehead atoms. The molecule has 0 radical (unpaired) electrons. The van der Waals surface area contributed by atoms with Gasteiger partial charge in [-0.25, -0.2) is 4.98 Å². The van der Waals surface area contributed by atoms with E-state index in [0.29, 0.717) is 28.7 Å². The summed E-state index contributed by atoms with van der Waals surface area (Å²) in [5.41, 5.74) is 2.61. The molecule has 3 aromatic carbocycles. The fourth-order valence-electron chi connectivity index (χ4n) is 4.34. The lowest BCUT2D eigenvalue weighted by molar-refractivity contribution is -0.386. The first kappa shape index (κ1) is 28.8. The van der Waals surface area contributed by atoms with Gasteiger partial charge >= 0.3 is 5.69 Å². The second kappa shape index (κ2) is 11.9. The minimum Gasteiger partial charge on any atom is -0.496 e. The number of para-hydroxylation sites is 1. The third-order valence-corrected chi connectivity index (χ3v) is 6.88. The van der Waals surface area contributed by atoms with Gasteiger partial charge in [-0.15, -0.1) is 0 Å². The van der Waals surface area contributed by atoms with Crippen LogP contribution in [0.2, 0.25) is 5.02 Å². The third-order valence-electron chi connectivity index (χ3n) is 6.66. The van der Waals surface area contributed by atoms with Crippen LogP contribution in [0.3, 0.4) is 0 Å². The number of nitro benzene ring substituents is 1. The number of hydrogen-bond donors (Lipinski definition) is 0. The first-order valence-corrected chi connectivity index (χ1v) is 13.3. The summed E-state index contributed by atoms with van der Waals surface area (Å²) >= 11 is 6.24. The molecule has 208 valence electrons. The van der Waals surface area contributed by atoms with Gasteiger partial charge in [0.1, 0.15) is 5.75 Å². The van der Waals surface area contributed by atoms with E-state index in [1.165, 1.54) is 23.0 Å². The molecule has 0 saturated carbocycles. The maximum Gasteiger partial charge on any atom is 0.313 e. The Morgan fingerprint density at radius 2 is 1.90 bits per heavy atom. The number of rotatable bonds is 9. The molecule has 0 N–H and O–H groups in total. The van der Waals surface area contributed by atoms with Crippen LogP contribution in [-0.2, 0) is 0 Å². The zero-order valence-corrected chi connectivity index (χ0v) is 24.0. The summed E-state index contributed by atoms with van der Waals surface area (Å²) in [4.78, 5) is 29.9. The number of fused-ring (bicyclic) bond motifs is 1. The van der Waals surface area contributed by atoms with Crippen LogP contribution in [0.25, 0.3) is 22.3 Å². The molecule has 4 aromatic rings. The van der Waals surface area contributed by atoms with Crippen molar-refractivity contribution < 1.29 is 14.4 Å². The van der Waals surface area contributed by atoms with Crippen molar-refractivity contribution in [1.82, 2.24) is 9.66 Å². The van der Waals surface area contributed by atoms with Crippen LogP contribution in [0, 0.1) is 17.0 Å². The lowest BCUT2D eigenvalue weighted by Gasteiger charge is -2.17. The highest BCUT2D eigenvalue weighted by Crippen LogP contribution is 2.36. The SMILES string of the molecule is CC[C@@H](C)Oc1c(C=Nn2c(-c3cc(C(C)C)c(OC)cc3C)nc3ccccc3c2=O)cc(Cl)cc1[N+](=O)[O-]. The van der Waals surface area contributed by atoms with E-state index in [-0.39, 0.29) is 39.6 Å². The normalized spacial score (nSPS) is 12.3. The molecule has 1 heterocycles. The topological polar surface area (TPSA) is 109 Å². The van der Waals surface area contributed by atoms with E-state index in [4.69, 9.17) is 26.1 Å². The molecule has 10 heteroatoms. The molecule has 40 heavy (non-hydrogen) atoms. The predicted octanol–water partition coefficient (Wildman–Crippen LogP) is 7.13. The van der Waals surface area contributed by atoms with Crippen molar-refractivity contribution in [1.29, 1.82) is 0 Å². The monoisotopic (exact) mass is 562 g/mol. The first-order valence-electron chi connectivity index (χ1n) is 12.9. The minimum absolute atomic E-state index is 0.0265. The smallest absolute Gasteiger partial charge is 0.313 e. The summed E-state index contributed by atoms with van der Waals surface area (Å²) in [7, 11) is 1.62. The van der Waals surface area contributed by atoms with Crippen LogP contribution in [0.1, 0.15) is 56.7 Å². The molecule has 0 fully saturated rings. The van der Waals surface area contributed by atoms with E-state index in [1.807, 2.05) is 39.0 Å². The fourth-order valence-corrected chi connectivity index (χ4v) is 4.56. The number of halogens is 1. The van der Waals surface area contributed by atoms with Gasteiger partial charge in [0.25, 0.3) is 5.56 Å². The van der Waals surface area contributed by atoms with E-state index in [1.54, 1.807) is 25.3 Å². The Morgan fingerprint density at radius 3 is 2.55 bits per heavy atom. The van der Waals surface area contributed by atoms with Gasteiger partial charge in [0.15, 0.2) is 5.82 Å². The van der Waals surface area contributed by atoms with Crippen molar-refractivity contribution in [3.8, 4) is 22.9 Å². The average Bonchev–Trinajstić information content (AvgIpc) is 2.92. The van der Waals surface area contributed by atoms with E-state index in [2.05, 4.69) is 18.9 Å². The van der Waals surface area contributed by atoms with E-state index in [9.17, 15) is 14.9 Å². The Bertz CT molecular complexity index is 1680. The summed E-state index contributed by atoms with van der Waals surface area (Å²) in [5, 5.41) is 16.9. The number of nitrogens with zero attached hydrogens (tertiary/aromatic N) is 4. The highest BCUT2D eigenvalue weighted by atomic mass is 35.5. The lowest BCUT2D eigenvalue weighted by Crippen LogP contribution is -2.21. The van der Waals surface area contributed by atoms with Crippen LogP contribution >= 0.6 is 11.6 Å². The zero-order chi connectivity index (χ0) is 29.1. The van der Waals surface area contributed by atoms with Crippen LogP contribution < -0.4 is 15.0 Å². The highest BCUT2D eigenvalue weighted by Gasteiger charge is 2.23. The van der Waals surface area contributed by atoms with Crippen molar-refractivity contribution >= 4 is 34.4 Å². The standard InChI is InChI=1S/C30H31ClN4O5/c1-7-19(5)40-28-20(13-21(31)14-26(28)35(37)38)16-32-34-29(33-25-11-9-8-10-22(25)30(34)36)24-15-23(17(2)3)27(39-6)12-18(24)4/h8-17,19H,7H2,1-6H3/t19-/m1/s1. The minimum atomic E-state index is -0.551. The molecule has 0 amide bonds. The average molecular weight is 563 g/mol. The Labute approximate surface area is 237 Å². The molecule has 0 unspecified atom stereocenters. The Kier molecular flexibility index (Phi) is 8.54. The van der Waals surface area contributed by atoms with Crippen molar-refractivity contribution in [3.63, 3.8) is 0 Å². The van der Waals surface area contributed by atoms with Crippen LogP contribution in [-0.4, -0.2) is 34.0 Å². The molecule has 9 nitrogen and oxygen atoms in total. The fraction of sp³-hybridized carbons (Fsp3) is 0.300. The van der Waals surface area contributed by atoms with Crippen molar-refractivity contribution in [2.45, 2.75) is 53.1 Å². The molecule has 0 saturated heterocycles. The number of benzene rings is 3. The van der Waals surface area contributed by atoms with E-state index < -0.39 is 4.92 Å². The maximum atomic E-state index is 13.8. The first-order chi connectivity index (χ1) is 19.0. The van der Waals surface area contributed by atoms with Gasteiger partial charge in [-0.2, -0.15) is 9.78 Å². The third kappa shape index (κ3) is 5.70. The molecule has 1 atom stereocenters. The van der Waals surface area contributed by atoms with Gasteiger partial charge in [0, 0.05) is 22.2 Å². The molecule has 4 rings (SSSR count). The number of ether oxygens (including phenoxy) is 2. The maximum absolute atomic E-state index is 13.8. The molecule has 0 aliphatic rings. The molecule has 0 aliphatic carbocycles. The molecule has 0 aliphatic heterocycles. The molecule has 0 spiro atoms. The number of nitro groups is 1. The second-order valence-electron chi connectivity index (χ2n) is 9.81. The predicted molar refractivity (Wildman–Crippen MR) is 158 cm³/mol. The van der Waals surface area contributed by atoms with Crippen molar-refractivity contribution in [2.24, 2.45) is 5.10 Å².